The predicted octanol–water partition coefficient (Wildman–Crippen LogP) is 2.10. The summed E-state index contributed by atoms with van der Waals surface area (Å²) in [5, 5.41) is 8.77. The number of carboxylic acid groups (broad SMARTS) is 1. The molecule has 0 spiro atoms. The summed E-state index contributed by atoms with van der Waals surface area (Å²) in [5.41, 5.74) is 0.669. The van der Waals surface area contributed by atoms with Crippen molar-refractivity contribution >= 4 is 11.9 Å². The summed E-state index contributed by atoms with van der Waals surface area (Å²) >= 11 is 0. The highest BCUT2D eigenvalue weighted by Crippen LogP contribution is 2.15. The Bertz CT molecular complexity index is 493. The molecule has 1 heterocycles. The van der Waals surface area contributed by atoms with Gasteiger partial charge >= 0.3 is 5.97 Å². The number of ether oxygens (including phenoxy) is 1. The first-order valence-corrected chi connectivity index (χ1v) is 7.36. The third-order valence-corrected chi connectivity index (χ3v) is 3.57. The Hall–Kier alpha value is -2.04. The van der Waals surface area contributed by atoms with Crippen LogP contribution in [0.2, 0.25) is 0 Å². The van der Waals surface area contributed by atoms with Gasteiger partial charge in [0.2, 0.25) is 0 Å². The van der Waals surface area contributed by atoms with Gasteiger partial charge in [0.1, 0.15) is 5.75 Å². The molecular weight excluding hydrogens is 270 g/mol. The molecule has 1 aliphatic rings. The fourth-order valence-corrected chi connectivity index (χ4v) is 2.48. The minimum atomic E-state index is -0.882. The minimum absolute atomic E-state index is 0.000498. The van der Waals surface area contributed by atoms with Crippen LogP contribution in [0.5, 0.6) is 5.75 Å². The molecule has 1 saturated heterocycles. The molecule has 0 unspecified atom stereocenters. The van der Waals surface area contributed by atoms with Crippen LogP contribution in [0.3, 0.4) is 0 Å². The maximum Gasteiger partial charge on any atom is 0.307 e. The molecule has 0 aromatic heterocycles. The molecule has 0 atom stereocenters. The normalized spacial score (nSPS) is 15.3. The Labute approximate surface area is 124 Å². The van der Waals surface area contributed by atoms with Crippen molar-refractivity contribution in [2.75, 3.05) is 19.7 Å². The standard InChI is InChI=1S/C16H21NO4/c18-15(17-8-3-1-2-4-9-17)12-21-14-7-5-6-13(10-14)11-16(19)20/h5-7,10H,1-4,8-9,11-12H2,(H,19,20). The second kappa shape index (κ2) is 7.67. The highest BCUT2D eigenvalue weighted by molar-refractivity contribution is 5.77. The van der Waals surface area contributed by atoms with Crippen molar-refractivity contribution in [2.24, 2.45) is 0 Å². The van der Waals surface area contributed by atoms with Gasteiger partial charge in [0, 0.05) is 13.1 Å². The van der Waals surface area contributed by atoms with Crippen LogP contribution in [-0.2, 0) is 16.0 Å². The largest absolute Gasteiger partial charge is 0.484 e. The maximum absolute atomic E-state index is 12.1. The van der Waals surface area contributed by atoms with E-state index >= 15 is 0 Å². The third kappa shape index (κ3) is 5.10. The number of amides is 1. The van der Waals surface area contributed by atoms with E-state index in [-0.39, 0.29) is 18.9 Å². The van der Waals surface area contributed by atoms with E-state index < -0.39 is 5.97 Å². The number of aliphatic carboxylic acids is 1. The van der Waals surface area contributed by atoms with E-state index in [1.54, 1.807) is 24.3 Å². The number of nitrogens with zero attached hydrogens (tertiary/aromatic N) is 1. The van der Waals surface area contributed by atoms with Gasteiger partial charge in [0.05, 0.1) is 6.42 Å². The molecule has 21 heavy (non-hydrogen) atoms. The summed E-state index contributed by atoms with van der Waals surface area (Å²) < 4.78 is 5.50. The molecule has 1 fully saturated rings. The van der Waals surface area contributed by atoms with Crippen molar-refractivity contribution in [3.05, 3.63) is 29.8 Å². The minimum Gasteiger partial charge on any atom is -0.484 e. The summed E-state index contributed by atoms with van der Waals surface area (Å²) in [6.07, 6.45) is 4.43. The van der Waals surface area contributed by atoms with Crippen LogP contribution in [0.15, 0.2) is 24.3 Å². The number of carbonyl (C=O) groups excluding carboxylic acids is 1. The summed E-state index contributed by atoms with van der Waals surface area (Å²) in [5.74, 6) is -0.342. The van der Waals surface area contributed by atoms with Gasteiger partial charge in [0.25, 0.3) is 5.91 Å². The van der Waals surface area contributed by atoms with Gasteiger partial charge in [-0.15, -0.1) is 0 Å². The molecule has 1 amide bonds. The summed E-state index contributed by atoms with van der Waals surface area (Å²) in [7, 11) is 0. The molecule has 0 bridgehead atoms. The molecule has 1 N–H and O–H groups in total. The second-order valence-corrected chi connectivity index (χ2v) is 5.30. The Morgan fingerprint density at radius 2 is 1.86 bits per heavy atom. The first-order valence-electron chi connectivity index (χ1n) is 7.36. The summed E-state index contributed by atoms with van der Waals surface area (Å²) in [6.45, 7) is 1.62. The molecule has 1 aromatic rings. The zero-order valence-electron chi connectivity index (χ0n) is 12.1. The number of likely N-dealkylation sites (tertiary alicyclic amines) is 1. The van der Waals surface area contributed by atoms with Gasteiger partial charge in [-0.1, -0.05) is 25.0 Å². The average molecular weight is 291 g/mol. The first-order chi connectivity index (χ1) is 10.1. The molecule has 114 valence electrons. The van der Waals surface area contributed by atoms with Crippen LogP contribution in [0.4, 0.5) is 0 Å². The van der Waals surface area contributed by atoms with Crippen LogP contribution in [-0.4, -0.2) is 41.6 Å². The molecule has 1 aromatic carbocycles. The van der Waals surface area contributed by atoms with Gasteiger partial charge < -0.3 is 14.7 Å². The molecule has 5 heteroatoms. The monoisotopic (exact) mass is 291 g/mol. The van der Waals surface area contributed by atoms with E-state index in [1.807, 2.05) is 4.90 Å². The zero-order valence-corrected chi connectivity index (χ0v) is 12.1. The number of carboxylic acids is 1. The van der Waals surface area contributed by atoms with Crippen molar-refractivity contribution in [3.63, 3.8) is 0 Å². The Balaban J connectivity index is 1.86. The molecule has 0 radical (unpaired) electrons. The number of benzene rings is 1. The van der Waals surface area contributed by atoms with E-state index in [2.05, 4.69) is 0 Å². The topological polar surface area (TPSA) is 66.8 Å². The van der Waals surface area contributed by atoms with Crippen LogP contribution < -0.4 is 4.74 Å². The Morgan fingerprint density at radius 3 is 2.52 bits per heavy atom. The molecule has 0 aliphatic carbocycles. The lowest BCUT2D eigenvalue weighted by Crippen LogP contribution is -2.35. The quantitative estimate of drug-likeness (QED) is 0.902. The zero-order chi connectivity index (χ0) is 15.1. The Kier molecular flexibility index (Phi) is 5.60. The summed E-state index contributed by atoms with van der Waals surface area (Å²) in [6, 6.07) is 6.88. The van der Waals surface area contributed by atoms with E-state index in [0.29, 0.717) is 11.3 Å². The van der Waals surface area contributed by atoms with Crippen molar-refractivity contribution < 1.29 is 19.4 Å². The van der Waals surface area contributed by atoms with E-state index in [0.717, 1.165) is 25.9 Å². The van der Waals surface area contributed by atoms with Gasteiger partial charge in [-0.2, -0.15) is 0 Å². The van der Waals surface area contributed by atoms with Gasteiger partial charge in [-0.05, 0) is 30.5 Å². The highest BCUT2D eigenvalue weighted by atomic mass is 16.5. The highest BCUT2D eigenvalue weighted by Gasteiger charge is 2.15. The lowest BCUT2D eigenvalue weighted by molar-refractivity contribution is -0.136. The number of hydrogen-bond acceptors (Lipinski definition) is 3. The van der Waals surface area contributed by atoms with Crippen LogP contribution in [0, 0.1) is 0 Å². The number of rotatable bonds is 5. The average Bonchev–Trinajstić information content (AvgIpc) is 2.73. The lowest BCUT2D eigenvalue weighted by atomic mass is 10.1. The van der Waals surface area contributed by atoms with Crippen molar-refractivity contribution in [2.45, 2.75) is 32.1 Å². The maximum atomic E-state index is 12.1. The lowest BCUT2D eigenvalue weighted by Gasteiger charge is -2.20. The van der Waals surface area contributed by atoms with Crippen LogP contribution in [0.25, 0.3) is 0 Å². The molecular formula is C16H21NO4. The van der Waals surface area contributed by atoms with Crippen LogP contribution in [0.1, 0.15) is 31.2 Å². The van der Waals surface area contributed by atoms with E-state index in [9.17, 15) is 9.59 Å². The van der Waals surface area contributed by atoms with Crippen LogP contribution >= 0.6 is 0 Å². The smallest absolute Gasteiger partial charge is 0.307 e. The number of hydrogen-bond donors (Lipinski definition) is 1. The van der Waals surface area contributed by atoms with Crippen molar-refractivity contribution in [1.82, 2.24) is 4.90 Å². The molecule has 0 saturated carbocycles. The number of carbonyl (C=O) groups is 2. The second-order valence-electron chi connectivity index (χ2n) is 5.30. The molecule has 2 rings (SSSR count). The molecule has 1 aliphatic heterocycles. The summed E-state index contributed by atoms with van der Waals surface area (Å²) in [4.78, 5) is 24.6. The SMILES string of the molecule is O=C(O)Cc1cccc(OCC(=O)N2CCCCCC2)c1. The van der Waals surface area contributed by atoms with Gasteiger partial charge in [-0.25, -0.2) is 0 Å². The van der Waals surface area contributed by atoms with E-state index in [4.69, 9.17) is 9.84 Å². The van der Waals surface area contributed by atoms with E-state index in [1.165, 1.54) is 12.8 Å². The van der Waals surface area contributed by atoms with Gasteiger partial charge in [-0.3, -0.25) is 9.59 Å². The first kappa shape index (κ1) is 15.4. The third-order valence-electron chi connectivity index (χ3n) is 3.57. The Morgan fingerprint density at radius 1 is 1.14 bits per heavy atom. The fourth-order valence-electron chi connectivity index (χ4n) is 2.48. The van der Waals surface area contributed by atoms with Gasteiger partial charge in [0.15, 0.2) is 6.61 Å². The fraction of sp³-hybridized carbons (Fsp3) is 0.500. The van der Waals surface area contributed by atoms with Crippen molar-refractivity contribution in [1.29, 1.82) is 0 Å². The predicted molar refractivity (Wildman–Crippen MR) is 78.3 cm³/mol. The molecule has 5 nitrogen and oxygen atoms in total. The van der Waals surface area contributed by atoms with Crippen molar-refractivity contribution in [3.8, 4) is 5.75 Å².